The minimum atomic E-state index is -0.302. The minimum Gasteiger partial charge on any atom is -0.507 e. The smallest absolute Gasteiger partial charge is 0.257 e. The summed E-state index contributed by atoms with van der Waals surface area (Å²) in [6.45, 7) is 5.81. The number of anilines is 1. The molecule has 0 aliphatic carbocycles. The molecule has 0 bridgehead atoms. The van der Waals surface area contributed by atoms with Crippen molar-refractivity contribution in [3.63, 3.8) is 0 Å². The molecular formula is C25H23N3O3S. The topological polar surface area (TPSA) is 87.4 Å². The van der Waals surface area contributed by atoms with Crippen molar-refractivity contribution < 1.29 is 14.3 Å². The average Bonchev–Trinajstić information content (AvgIpc) is 3.19. The Labute approximate surface area is 191 Å². The normalized spacial score (nSPS) is 10.8. The van der Waals surface area contributed by atoms with Gasteiger partial charge in [0.25, 0.3) is 5.91 Å². The average molecular weight is 446 g/mol. The van der Waals surface area contributed by atoms with E-state index in [1.54, 1.807) is 31.2 Å². The van der Waals surface area contributed by atoms with Gasteiger partial charge in [-0.3, -0.25) is 10.1 Å². The molecular weight excluding hydrogens is 422 g/mol. The van der Waals surface area contributed by atoms with Crippen molar-refractivity contribution >= 4 is 40.0 Å². The number of nitrogens with zero attached hydrogens (tertiary/aromatic N) is 1. The second-order valence-electron chi connectivity index (χ2n) is 7.64. The molecule has 4 aromatic rings. The highest BCUT2D eigenvalue weighted by Crippen LogP contribution is 2.36. The van der Waals surface area contributed by atoms with Crippen LogP contribution in [0.25, 0.3) is 22.6 Å². The third-order valence-electron chi connectivity index (χ3n) is 5.19. The number of nitrogens with one attached hydrogen (secondary N) is 2. The van der Waals surface area contributed by atoms with Gasteiger partial charge in [-0.05, 0) is 80.0 Å². The number of thiocarbonyl (C=S) groups is 1. The number of phenolic OH excluding ortho intramolecular Hbond substituents is 1. The number of aromatic hydroxyl groups is 1. The molecule has 0 atom stereocenters. The molecule has 7 heteroatoms. The Morgan fingerprint density at radius 1 is 1.09 bits per heavy atom. The van der Waals surface area contributed by atoms with Gasteiger partial charge in [0.15, 0.2) is 10.7 Å². The zero-order valence-electron chi connectivity index (χ0n) is 18.0. The Morgan fingerprint density at radius 2 is 1.84 bits per heavy atom. The van der Waals surface area contributed by atoms with Gasteiger partial charge >= 0.3 is 0 Å². The van der Waals surface area contributed by atoms with Crippen molar-refractivity contribution in [2.24, 2.45) is 0 Å². The zero-order valence-corrected chi connectivity index (χ0v) is 18.8. The van der Waals surface area contributed by atoms with Crippen LogP contribution in [0.5, 0.6) is 5.75 Å². The van der Waals surface area contributed by atoms with Gasteiger partial charge in [0.1, 0.15) is 11.3 Å². The first kappa shape index (κ1) is 21.5. The van der Waals surface area contributed by atoms with Crippen LogP contribution < -0.4 is 10.6 Å². The highest BCUT2D eigenvalue weighted by Gasteiger charge is 2.17. The van der Waals surface area contributed by atoms with E-state index in [-0.39, 0.29) is 16.8 Å². The second kappa shape index (κ2) is 8.80. The summed E-state index contributed by atoms with van der Waals surface area (Å²) in [6.07, 6.45) is 0.896. The van der Waals surface area contributed by atoms with Crippen LogP contribution in [0, 0.1) is 13.8 Å². The molecule has 1 heterocycles. The van der Waals surface area contributed by atoms with Gasteiger partial charge in [0.05, 0.1) is 5.56 Å². The van der Waals surface area contributed by atoms with E-state index in [0.29, 0.717) is 33.9 Å². The summed E-state index contributed by atoms with van der Waals surface area (Å²) >= 11 is 5.31. The van der Waals surface area contributed by atoms with Crippen LogP contribution in [-0.2, 0) is 6.42 Å². The lowest BCUT2D eigenvalue weighted by molar-refractivity contribution is 0.0977. The fraction of sp³-hybridized carbons (Fsp3) is 0.160. The first-order valence-electron chi connectivity index (χ1n) is 10.3. The van der Waals surface area contributed by atoms with Crippen LogP contribution >= 0.6 is 12.2 Å². The highest BCUT2D eigenvalue weighted by molar-refractivity contribution is 7.80. The molecule has 1 aromatic heterocycles. The maximum Gasteiger partial charge on any atom is 0.257 e. The van der Waals surface area contributed by atoms with Gasteiger partial charge in [-0.2, -0.15) is 0 Å². The number of carbonyl (C=O) groups is 1. The van der Waals surface area contributed by atoms with E-state index in [9.17, 15) is 9.90 Å². The number of amides is 1. The molecule has 32 heavy (non-hydrogen) atoms. The van der Waals surface area contributed by atoms with Crippen LogP contribution in [0.3, 0.4) is 0 Å². The number of fused-ring (bicyclic) bond motifs is 1. The molecule has 1 amide bonds. The van der Waals surface area contributed by atoms with Crippen molar-refractivity contribution in [2.45, 2.75) is 27.2 Å². The predicted octanol–water partition coefficient (Wildman–Crippen LogP) is 5.51. The van der Waals surface area contributed by atoms with Gasteiger partial charge < -0.3 is 14.8 Å². The van der Waals surface area contributed by atoms with E-state index in [1.165, 1.54) is 0 Å². The molecule has 6 nitrogen and oxygen atoms in total. The third-order valence-corrected chi connectivity index (χ3v) is 5.39. The zero-order chi connectivity index (χ0) is 22.8. The molecule has 3 aromatic carbocycles. The number of aryl methyl sites for hydroxylation is 3. The summed E-state index contributed by atoms with van der Waals surface area (Å²) in [5.74, 6) is 0.0865. The lowest BCUT2D eigenvalue weighted by Gasteiger charge is -2.12. The van der Waals surface area contributed by atoms with Crippen LogP contribution in [0.15, 0.2) is 59.0 Å². The molecule has 0 aliphatic heterocycles. The molecule has 4 rings (SSSR count). The van der Waals surface area contributed by atoms with E-state index >= 15 is 0 Å². The number of hydrogen-bond donors (Lipinski definition) is 3. The first-order chi connectivity index (χ1) is 15.3. The second-order valence-corrected chi connectivity index (χ2v) is 8.05. The van der Waals surface area contributed by atoms with Gasteiger partial charge in [0, 0.05) is 11.3 Å². The van der Waals surface area contributed by atoms with E-state index in [1.807, 2.05) is 37.3 Å². The van der Waals surface area contributed by atoms with Crippen molar-refractivity contribution in [3.8, 4) is 17.2 Å². The Kier molecular flexibility index (Phi) is 5.92. The Bertz CT molecular complexity index is 1330. The number of rotatable bonds is 4. The Balaban J connectivity index is 1.57. The van der Waals surface area contributed by atoms with Crippen molar-refractivity contribution in [2.75, 3.05) is 5.32 Å². The van der Waals surface area contributed by atoms with Crippen molar-refractivity contribution in [3.05, 3.63) is 76.9 Å². The molecule has 0 saturated carbocycles. The fourth-order valence-electron chi connectivity index (χ4n) is 3.37. The summed E-state index contributed by atoms with van der Waals surface area (Å²) in [5.41, 5.74) is 5.77. The lowest BCUT2D eigenvalue weighted by Crippen LogP contribution is -2.34. The summed E-state index contributed by atoms with van der Waals surface area (Å²) in [7, 11) is 0. The van der Waals surface area contributed by atoms with Crippen molar-refractivity contribution in [1.29, 1.82) is 0 Å². The van der Waals surface area contributed by atoms with Crippen LogP contribution in [0.4, 0.5) is 5.69 Å². The summed E-state index contributed by atoms with van der Waals surface area (Å²) in [5, 5.41) is 16.4. The maximum atomic E-state index is 12.4. The Hall–Kier alpha value is -3.71. The lowest BCUT2D eigenvalue weighted by atomic mass is 10.1. The molecule has 0 radical (unpaired) electrons. The number of phenols is 1. The van der Waals surface area contributed by atoms with Crippen LogP contribution in [0.2, 0.25) is 0 Å². The van der Waals surface area contributed by atoms with E-state index in [0.717, 1.165) is 23.1 Å². The van der Waals surface area contributed by atoms with E-state index in [2.05, 4.69) is 22.5 Å². The standard InChI is InChI=1S/C25H23N3O3S/c1-4-16-7-10-21-20(12-16)27-24(31-21)19-13-18(11-15(3)22(19)29)26-25(32)28-23(30)17-8-5-14(2)6-9-17/h5-13,29H,4H2,1-3H3,(H2,26,28,30,32). The monoisotopic (exact) mass is 445 g/mol. The molecule has 0 saturated heterocycles. The summed E-state index contributed by atoms with van der Waals surface area (Å²) in [6, 6.07) is 16.5. The summed E-state index contributed by atoms with van der Waals surface area (Å²) in [4.78, 5) is 17.0. The molecule has 3 N–H and O–H groups in total. The highest BCUT2D eigenvalue weighted by atomic mass is 32.1. The van der Waals surface area contributed by atoms with Gasteiger partial charge in [0.2, 0.25) is 5.89 Å². The first-order valence-corrected chi connectivity index (χ1v) is 10.7. The molecule has 0 aliphatic rings. The molecule has 162 valence electrons. The largest absolute Gasteiger partial charge is 0.507 e. The number of benzene rings is 3. The van der Waals surface area contributed by atoms with Gasteiger partial charge in [-0.1, -0.05) is 30.7 Å². The molecule has 0 unspecified atom stereocenters. The minimum absolute atomic E-state index is 0.0763. The number of hydrogen-bond acceptors (Lipinski definition) is 5. The predicted molar refractivity (Wildman–Crippen MR) is 130 cm³/mol. The van der Waals surface area contributed by atoms with E-state index < -0.39 is 0 Å². The Morgan fingerprint density at radius 3 is 2.56 bits per heavy atom. The quantitative estimate of drug-likeness (QED) is 0.284. The van der Waals surface area contributed by atoms with Gasteiger partial charge in [-0.15, -0.1) is 0 Å². The molecule has 0 fully saturated rings. The van der Waals surface area contributed by atoms with Crippen LogP contribution in [0.1, 0.15) is 34.0 Å². The SMILES string of the molecule is CCc1ccc2oc(-c3cc(NC(=S)NC(=O)c4ccc(C)cc4)cc(C)c3O)nc2c1. The third kappa shape index (κ3) is 4.48. The fourth-order valence-corrected chi connectivity index (χ4v) is 3.58. The summed E-state index contributed by atoms with van der Waals surface area (Å²) < 4.78 is 5.88. The van der Waals surface area contributed by atoms with Crippen LogP contribution in [-0.4, -0.2) is 21.1 Å². The van der Waals surface area contributed by atoms with Gasteiger partial charge in [-0.25, -0.2) is 4.98 Å². The van der Waals surface area contributed by atoms with Crippen molar-refractivity contribution in [1.82, 2.24) is 10.3 Å². The number of carbonyl (C=O) groups excluding carboxylic acids is 1. The van der Waals surface area contributed by atoms with E-state index in [4.69, 9.17) is 16.6 Å². The number of oxazole rings is 1. The molecule has 0 spiro atoms. The maximum absolute atomic E-state index is 12.4. The number of aromatic nitrogens is 1.